The van der Waals surface area contributed by atoms with Crippen LogP contribution in [0.3, 0.4) is 0 Å². The van der Waals surface area contributed by atoms with Gasteiger partial charge in [-0.25, -0.2) is 9.59 Å². The van der Waals surface area contributed by atoms with Gasteiger partial charge in [0.15, 0.2) is 0 Å². The molecule has 0 bridgehead atoms. The molecule has 0 saturated carbocycles. The van der Waals surface area contributed by atoms with E-state index in [1.807, 2.05) is 0 Å². The number of hydrogen-bond donors (Lipinski definition) is 1. The van der Waals surface area contributed by atoms with Gasteiger partial charge in [-0.2, -0.15) is 0 Å². The van der Waals surface area contributed by atoms with Crippen LogP contribution in [-0.2, 0) is 19.1 Å². The molecule has 0 amide bonds. The lowest BCUT2D eigenvalue weighted by molar-refractivity contribution is -0.384. The highest BCUT2D eigenvalue weighted by molar-refractivity contribution is 6.01. The van der Waals surface area contributed by atoms with Gasteiger partial charge in [0.2, 0.25) is 0 Å². The van der Waals surface area contributed by atoms with Crippen molar-refractivity contribution in [2.24, 2.45) is 0 Å². The van der Waals surface area contributed by atoms with Crippen LogP contribution in [0.15, 0.2) is 46.8 Å². The highest BCUT2D eigenvalue weighted by Gasteiger charge is 2.42. The Bertz CT molecular complexity index is 839. The highest BCUT2D eigenvalue weighted by Crippen LogP contribution is 2.41. The molecule has 8 nitrogen and oxygen atoms in total. The maximum Gasteiger partial charge on any atom is 0.337 e. The zero-order valence-corrected chi connectivity index (χ0v) is 13.7. The fourth-order valence-corrected chi connectivity index (χ4v) is 3.10. The van der Waals surface area contributed by atoms with Crippen molar-refractivity contribution in [2.75, 3.05) is 13.2 Å². The number of esters is 2. The third-order valence-electron chi connectivity index (χ3n) is 4.12. The van der Waals surface area contributed by atoms with Gasteiger partial charge in [0.25, 0.3) is 5.69 Å². The molecule has 0 saturated heterocycles. The normalized spacial score (nSPS) is 19.3. The summed E-state index contributed by atoms with van der Waals surface area (Å²) in [4.78, 5) is 35.3. The molecule has 2 aliphatic rings. The molecule has 2 aliphatic heterocycles. The van der Waals surface area contributed by atoms with E-state index in [9.17, 15) is 19.7 Å². The van der Waals surface area contributed by atoms with E-state index in [0.717, 1.165) is 0 Å². The summed E-state index contributed by atoms with van der Waals surface area (Å²) in [6.45, 7) is 3.63. The number of dihydropyridines is 1. The zero-order chi connectivity index (χ0) is 18.1. The number of rotatable bonds is 4. The molecular formula is C17H16N2O6. The van der Waals surface area contributed by atoms with E-state index >= 15 is 0 Å². The van der Waals surface area contributed by atoms with E-state index < -0.39 is 22.8 Å². The molecular weight excluding hydrogens is 328 g/mol. The Balaban J connectivity index is 2.16. The van der Waals surface area contributed by atoms with Gasteiger partial charge < -0.3 is 14.8 Å². The van der Waals surface area contributed by atoms with Gasteiger partial charge in [0, 0.05) is 17.8 Å². The summed E-state index contributed by atoms with van der Waals surface area (Å²) in [6.07, 6.45) is 0. The Hall–Kier alpha value is -3.16. The number of cyclic esters (lactones) is 1. The van der Waals surface area contributed by atoms with Crippen LogP contribution in [0.2, 0.25) is 0 Å². The SMILES string of the molecule is CCOC(=O)C1=C(C)NC2=C(C(=O)OC2)[C@@H]1c1cccc([N+](=O)[O-])c1. The van der Waals surface area contributed by atoms with Crippen molar-refractivity contribution in [3.05, 3.63) is 62.5 Å². The van der Waals surface area contributed by atoms with Crippen molar-refractivity contribution >= 4 is 17.6 Å². The maximum absolute atomic E-state index is 12.5. The number of allylic oxidation sites excluding steroid dienone is 1. The number of nitrogens with zero attached hydrogens (tertiary/aromatic N) is 1. The molecule has 0 aromatic heterocycles. The topological polar surface area (TPSA) is 108 Å². The van der Waals surface area contributed by atoms with E-state index in [1.54, 1.807) is 19.9 Å². The number of carbonyl (C=O) groups is 2. The summed E-state index contributed by atoms with van der Waals surface area (Å²) < 4.78 is 10.2. The lowest BCUT2D eigenvalue weighted by atomic mass is 9.81. The van der Waals surface area contributed by atoms with Crippen molar-refractivity contribution in [1.82, 2.24) is 5.32 Å². The van der Waals surface area contributed by atoms with Crippen LogP contribution in [-0.4, -0.2) is 30.1 Å². The second kappa shape index (κ2) is 6.39. The third-order valence-corrected chi connectivity index (χ3v) is 4.12. The minimum atomic E-state index is -0.773. The predicted octanol–water partition coefficient (Wildman–Crippen LogP) is 1.93. The molecule has 130 valence electrons. The Morgan fingerprint density at radius 3 is 2.92 bits per heavy atom. The number of carbonyl (C=O) groups excluding carboxylic acids is 2. The van der Waals surface area contributed by atoms with Gasteiger partial charge in [-0.3, -0.25) is 10.1 Å². The molecule has 1 N–H and O–H groups in total. The maximum atomic E-state index is 12.5. The number of nitro groups is 1. The first-order valence-corrected chi connectivity index (χ1v) is 7.73. The summed E-state index contributed by atoms with van der Waals surface area (Å²) >= 11 is 0. The summed E-state index contributed by atoms with van der Waals surface area (Å²) in [5, 5.41) is 14.1. The summed E-state index contributed by atoms with van der Waals surface area (Å²) in [6, 6.07) is 5.88. The summed E-state index contributed by atoms with van der Waals surface area (Å²) in [5.74, 6) is -1.89. The van der Waals surface area contributed by atoms with Crippen LogP contribution in [0.1, 0.15) is 25.3 Å². The van der Waals surface area contributed by atoms with E-state index in [1.165, 1.54) is 18.2 Å². The van der Waals surface area contributed by atoms with Crippen LogP contribution in [0, 0.1) is 10.1 Å². The Morgan fingerprint density at radius 1 is 1.48 bits per heavy atom. The van der Waals surface area contributed by atoms with E-state index in [2.05, 4.69) is 5.32 Å². The van der Waals surface area contributed by atoms with Crippen molar-refractivity contribution < 1.29 is 24.0 Å². The number of nitrogens with one attached hydrogen (secondary N) is 1. The standard InChI is InChI=1S/C17H16N2O6/c1-3-24-16(20)13-9(2)18-12-8-25-17(21)15(12)14(13)10-5-4-6-11(7-10)19(22)23/h4-7,14,18H,3,8H2,1-2H3/t14-/m1/s1. The van der Waals surface area contributed by atoms with Gasteiger partial charge in [-0.1, -0.05) is 12.1 Å². The number of ether oxygens (including phenoxy) is 2. The van der Waals surface area contributed by atoms with Crippen molar-refractivity contribution in [1.29, 1.82) is 0 Å². The number of benzene rings is 1. The Kier molecular flexibility index (Phi) is 4.26. The molecule has 0 unspecified atom stereocenters. The third kappa shape index (κ3) is 2.86. The number of non-ortho nitro benzene ring substituents is 1. The summed E-state index contributed by atoms with van der Waals surface area (Å²) in [5.41, 5.74) is 1.98. The molecule has 0 fully saturated rings. The minimum Gasteiger partial charge on any atom is -0.463 e. The minimum absolute atomic E-state index is 0.0764. The van der Waals surface area contributed by atoms with Gasteiger partial charge in [-0.15, -0.1) is 0 Å². The molecule has 25 heavy (non-hydrogen) atoms. The molecule has 0 aliphatic carbocycles. The van der Waals surface area contributed by atoms with E-state index in [-0.39, 0.29) is 30.0 Å². The molecule has 1 aromatic carbocycles. The first-order valence-electron chi connectivity index (χ1n) is 7.73. The van der Waals surface area contributed by atoms with Crippen LogP contribution in [0.5, 0.6) is 0 Å². The van der Waals surface area contributed by atoms with E-state index in [0.29, 0.717) is 17.0 Å². The average molecular weight is 344 g/mol. The van der Waals surface area contributed by atoms with Gasteiger partial charge in [0.05, 0.1) is 34.3 Å². The molecule has 0 radical (unpaired) electrons. The average Bonchev–Trinajstić information content (AvgIpc) is 2.94. The number of nitro benzene ring substituents is 1. The second-order valence-corrected chi connectivity index (χ2v) is 5.64. The Morgan fingerprint density at radius 2 is 2.24 bits per heavy atom. The van der Waals surface area contributed by atoms with Gasteiger partial charge in [-0.05, 0) is 19.4 Å². The molecule has 2 heterocycles. The first kappa shape index (κ1) is 16.7. The Labute approximate surface area is 143 Å². The summed E-state index contributed by atoms with van der Waals surface area (Å²) in [7, 11) is 0. The van der Waals surface area contributed by atoms with Crippen molar-refractivity contribution in [3.8, 4) is 0 Å². The van der Waals surface area contributed by atoms with Gasteiger partial charge >= 0.3 is 11.9 Å². The van der Waals surface area contributed by atoms with Crippen LogP contribution in [0.4, 0.5) is 5.69 Å². The monoisotopic (exact) mass is 344 g/mol. The second-order valence-electron chi connectivity index (χ2n) is 5.64. The van der Waals surface area contributed by atoms with Crippen molar-refractivity contribution in [3.63, 3.8) is 0 Å². The zero-order valence-electron chi connectivity index (χ0n) is 13.7. The molecule has 0 spiro atoms. The molecule has 1 aromatic rings. The molecule has 8 heteroatoms. The first-order chi connectivity index (χ1) is 11.9. The lowest BCUT2D eigenvalue weighted by Gasteiger charge is -2.27. The van der Waals surface area contributed by atoms with E-state index in [4.69, 9.17) is 9.47 Å². The van der Waals surface area contributed by atoms with Crippen LogP contribution >= 0.6 is 0 Å². The van der Waals surface area contributed by atoms with Crippen molar-refractivity contribution in [2.45, 2.75) is 19.8 Å². The van der Waals surface area contributed by atoms with Crippen LogP contribution in [0.25, 0.3) is 0 Å². The van der Waals surface area contributed by atoms with Crippen LogP contribution < -0.4 is 5.32 Å². The fourth-order valence-electron chi connectivity index (χ4n) is 3.10. The molecule has 1 atom stereocenters. The molecule has 3 rings (SSSR count). The smallest absolute Gasteiger partial charge is 0.337 e. The fraction of sp³-hybridized carbons (Fsp3) is 0.294. The largest absolute Gasteiger partial charge is 0.463 e. The number of hydrogen-bond acceptors (Lipinski definition) is 7. The predicted molar refractivity (Wildman–Crippen MR) is 86.3 cm³/mol. The van der Waals surface area contributed by atoms with Gasteiger partial charge in [0.1, 0.15) is 6.61 Å². The highest BCUT2D eigenvalue weighted by atomic mass is 16.6. The quantitative estimate of drug-likeness (QED) is 0.505. The lowest BCUT2D eigenvalue weighted by Crippen LogP contribution is -2.30.